The van der Waals surface area contributed by atoms with Gasteiger partial charge in [0, 0.05) is 39.3 Å². The Balaban J connectivity index is 1.46. The fourth-order valence-corrected chi connectivity index (χ4v) is 3.74. The van der Waals surface area contributed by atoms with E-state index in [0.29, 0.717) is 11.7 Å². The average molecular weight is 465 g/mol. The van der Waals surface area contributed by atoms with Gasteiger partial charge in [-0.3, -0.25) is 29.0 Å². The van der Waals surface area contributed by atoms with Crippen molar-refractivity contribution in [3.63, 3.8) is 0 Å². The number of aromatic nitrogens is 4. The Labute approximate surface area is 183 Å². The van der Waals surface area contributed by atoms with Crippen LogP contribution in [-0.2, 0) is 24.6 Å². The van der Waals surface area contributed by atoms with Gasteiger partial charge >= 0.3 is 6.18 Å². The molecule has 14 heteroatoms. The van der Waals surface area contributed by atoms with Crippen molar-refractivity contribution in [1.82, 2.24) is 24.2 Å². The zero-order valence-electron chi connectivity index (χ0n) is 17.3. The maximum absolute atomic E-state index is 12.9. The van der Waals surface area contributed by atoms with E-state index in [9.17, 15) is 32.9 Å². The van der Waals surface area contributed by atoms with E-state index in [1.807, 2.05) is 0 Å². The van der Waals surface area contributed by atoms with Crippen molar-refractivity contribution < 1.29 is 22.9 Å². The fourth-order valence-electron chi connectivity index (χ4n) is 3.74. The monoisotopic (exact) mass is 465 g/mol. The van der Waals surface area contributed by atoms with Crippen molar-refractivity contribution in [3.8, 4) is 0 Å². The van der Waals surface area contributed by atoms with Crippen molar-refractivity contribution in [3.05, 3.63) is 56.8 Å². The number of halogens is 3. The molecule has 4 rings (SSSR count). The molecule has 2 aromatic heterocycles. The van der Waals surface area contributed by atoms with Crippen LogP contribution < -0.4 is 10.5 Å². The number of anilines is 1. The zero-order chi connectivity index (χ0) is 23.9. The summed E-state index contributed by atoms with van der Waals surface area (Å²) in [7, 11) is 1.64. The number of hydrogen-bond donors (Lipinski definition) is 0. The predicted molar refractivity (Wildman–Crippen MR) is 110 cm³/mol. The summed E-state index contributed by atoms with van der Waals surface area (Å²) in [6.07, 6.45) is -2.05. The van der Waals surface area contributed by atoms with E-state index in [0.717, 1.165) is 12.1 Å². The molecular weight excluding hydrogens is 447 g/mol. The summed E-state index contributed by atoms with van der Waals surface area (Å²) in [5.74, 6) is -0.344. The zero-order valence-corrected chi connectivity index (χ0v) is 17.3. The number of carbonyl (C=O) groups is 1. The van der Waals surface area contributed by atoms with Gasteiger partial charge in [-0.2, -0.15) is 18.3 Å². The Morgan fingerprint density at radius 3 is 2.55 bits per heavy atom. The molecule has 174 valence electrons. The number of piperazine rings is 1. The van der Waals surface area contributed by atoms with Crippen LogP contribution in [0, 0.1) is 10.1 Å². The number of aryl methyl sites for hydroxylation is 1. The van der Waals surface area contributed by atoms with Gasteiger partial charge in [0.25, 0.3) is 11.2 Å². The topological polar surface area (TPSA) is 119 Å². The number of nitrogens with zero attached hydrogens (tertiary/aromatic N) is 7. The average Bonchev–Trinajstić information content (AvgIpc) is 3.16. The van der Waals surface area contributed by atoms with Crippen LogP contribution in [0.25, 0.3) is 11.0 Å². The summed E-state index contributed by atoms with van der Waals surface area (Å²) < 4.78 is 41.4. The molecule has 0 saturated carbocycles. The van der Waals surface area contributed by atoms with Gasteiger partial charge in [0.1, 0.15) is 23.9 Å². The first-order chi connectivity index (χ1) is 15.6. The molecule has 0 radical (unpaired) electrons. The van der Waals surface area contributed by atoms with Crippen LogP contribution in [-0.4, -0.2) is 61.2 Å². The standard InChI is InChI=1S/C19H18F3N7O4/c1-25-17-13(9-24-25)18(31)28(11-23-17)10-16(30)27-6-4-26(5-7-27)14-3-2-12(19(20,21)22)8-15(14)29(32)33/h2-3,8-9,11H,4-7,10H2,1H3. The highest BCUT2D eigenvalue weighted by Crippen LogP contribution is 2.36. The van der Waals surface area contributed by atoms with Gasteiger partial charge in [0.15, 0.2) is 5.65 Å². The number of carbonyl (C=O) groups excluding carboxylic acids is 1. The second-order valence-corrected chi connectivity index (χ2v) is 7.51. The Bertz CT molecular complexity index is 1290. The minimum atomic E-state index is -4.69. The highest BCUT2D eigenvalue weighted by Gasteiger charge is 2.34. The van der Waals surface area contributed by atoms with Crippen LogP contribution >= 0.6 is 0 Å². The molecule has 0 spiro atoms. The third-order valence-corrected chi connectivity index (χ3v) is 5.50. The maximum atomic E-state index is 12.9. The molecule has 1 saturated heterocycles. The van der Waals surface area contributed by atoms with Crippen LogP contribution in [0.5, 0.6) is 0 Å². The van der Waals surface area contributed by atoms with E-state index in [-0.39, 0.29) is 49.7 Å². The highest BCUT2D eigenvalue weighted by molar-refractivity contribution is 5.78. The summed E-state index contributed by atoms with van der Waals surface area (Å²) >= 11 is 0. The van der Waals surface area contributed by atoms with Crippen molar-refractivity contribution in [2.24, 2.45) is 7.05 Å². The quantitative estimate of drug-likeness (QED) is 0.422. The van der Waals surface area contributed by atoms with Crippen LogP contribution in [0.2, 0.25) is 0 Å². The summed E-state index contributed by atoms with van der Waals surface area (Å²) in [4.78, 5) is 42.9. The largest absolute Gasteiger partial charge is 0.416 e. The van der Waals surface area contributed by atoms with E-state index in [2.05, 4.69) is 10.1 Å². The van der Waals surface area contributed by atoms with E-state index in [1.54, 1.807) is 11.9 Å². The molecular formula is C19H18F3N7O4. The number of benzene rings is 1. The van der Waals surface area contributed by atoms with Gasteiger partial charge in [0.2, 0.25) is 5.91 Å². The Kier molecular flexibility index (Phi) is 5.51. The van der Waals surface area contributed by atoms with Gasteiger partial charge in [0.05, 0.1) is 16.7 Å². The Morgan fingerprint density at radius 1 is 1.21 bits per heavy atom. The molecule has 0 bridgehead atoms. The molecule has 1 aliphatic heterocycles. The van der Waals surface area contributed by atoms with Crippen LogP contribution in [0.4, 0.5) is 24.5 Å². The fraction of sp³-hybridized carbons (Fsp3) is 0.368. The third-order valence-electron chi connectivity index (χ3n) is 5.50. The first-order valence-electron chi connectivity index (χ1n) is 9.82. The number of nitro groups is 1. The molecule has 3 aromatic rings. The molecule has 1 amide bonds. The molecule has 0 aliphatic carbocycles. The molecule has 3 heterocycles. The highest BCUT2D eigenvalue weighted by atomic mass is 19.4. The van der Waals surface area contributed by atoms with Gasteiger partial charge in [-0.15, -0.1) is 0 Å². The molecule has 0 atom stereocenters. The molecule has 1 aromatic carbocycles. The Hall–Kier alpha value is -3.97. The number of alkyl halides is 3. The number of fused-ring (bicyclic) bond motifs is 1. The van der Waals surface area contributed by atoms with Crippen LogP contribution in [0.15, 0.2) is 35.5 Å². The molecule has 1 aliphatic rings. The molecule has 33 heavy (non-hydrogen) atoms. The molecule has 1 fully saturated rings. The van der Waals surface area contributed by atoms with E-state index < -0.39 is 27.9 Å². The van der Waals surface area contributed by atoms with E-state index in [4.69, 9.17) is 0 Å². The Morgan fingerprint density at radius 2 is 1.91 bits per heavy atom. The van der Waals surface area contributed by atoms with Gasteiger partial charge in [-0.05, 0) is 12.1 Å². The lowest BCUT2D eigenvalue weighted by atomic mass is 10.1. The number of nitro benzene ring substituents is 1. The van der Waals surface area contributed by atoms with Gasteiger partial charge in [-0.1, -0.05) is 0 Å². The number of hydrogen-bond acceptors (Lipinski definition) is 7. The number of amides is 1. The SMILES string of the molecule is Cn1ncc2c(=O)n(CC(=O)N3CCN(c4ccc(C(F)(F)F)cc4[N+](=O)[O-])CC3)cnc21. The second-order valence-electron chi connectivity index (χ2n) is 7.51. The lowest BCUT2D eigenvalue weighted by Crippen LogP contribution is -2.50. The first kappa shape index (κ1) is 22.2. The van der Waals surface area contributed by atoms with Crippen molar-refractivity contribution in [2.75, 3.05) is 31.1 Å². The normalized spacial score (nSPS) is 14.7. The summed E-state index contributed by atoms with van der Waals surface area (Å²) in [5.41, 5.74) is -1.69. The van der Waals surface area contributed by atoms with Gasteiger partial charge in [-0.25, -0.2) is 4.98 Å². The lowest BCUT2D eigenvalue weighted by Gasteiger charge is -2.36. The van der Waals surface area contributed by atoms with Crippen molar-refractivity contribution in [1.29, 1.82) is 0 Å². The van der Waals surface area contributed by atoms with Crippen LogP contribution in [0.1, 0.15) is 5.56 Å². The first-order valence-corrected chi connectivity index (χ1v) is 9.82. The molecule has 11 nitrogen and oxygen atoms in total. The van der Waals surface area contributed by atoms with Crippen LogP contribution in [0.3, 0.4) is 0 Å². The smallest absolute Gasteiger partial charge is 0.362 e. The minimum Gasteiger partial charge on any atom is -0.362 e. The van der Waals surface area contributed by atoms with Gasteiger partial charge < -0.3 is 9.80 Å². The van der Waals surface area contributed by atoms with Crippen molar-refractivity contribution in [2.45, 2.75) is 12.7 Å². The third kappa shape index (κ3) is 4.23. The molecule has 0 N–H and O–H groups in total. The predicted octanol–water partition coefficient (Wildman–Crippen LogP) is 1.41. The summed E-state index contributed by atoms with van der Waals surface area (Å²) in [6.45, 7) is 0.513. The summed E-state index contributed by atoms with van der Waals surface area (Å²) in [6, 6.07) is 2.39. The van der Waals surface area contributed by atoms with Crippen molar-refractivity contribution >= 4 is 28.3 Å². The maximum Gasteiger partial charge on any atom is 0.416 e. The van der Waals surface area contributed by atoms with E-state index in [1.165, 1.54) is 26.7 Å². The molecule has 0 unspecified atom stereocenters. The minimum absolute atomic E-state index is 0.0579. The van der Waals surface area contributed by atoms with E-state index >= 15 is 0 Å². The second kappa shape index (κ2) is 8.18. The summed E-state index contributed by atoms with van der Waals surface area (Å²) in [5, 5.41) is 15.6. The number of rotatable bonds is 4. The lowest BCUT2D eigenvalue weighted by molar-refractivity contribution is -0.384.